The molecule has 1 unspecified atom stereocenters. The zero-order valence-corrected chi connectivity index (χ0v) is 12.7. The molecule has 2 aromatic carbocycles. The molecule has 0 amide bonds. The summed E-state index contributed by atoms with van der Waals surface area (Å²) in [6, 6.07) is 17.0. The van der Waals surface area contributed by atoms with Gasteiger partial charge in [-0.1, -0.05) is 30.3 Å². The molecule has 0 spiro atoms. The van der Waals surface area contributed by atoms with E-state index in [1.165, 1.54) is 0 Å². The summed E-state index contributed by atoms with van der Waals surface area (Å²) >= 11 is 1.98. The van der Waals surface area contributed by atoms with Crippen molar-refractivity contribution in [3.05, 3.63) is 60.2 Å². The highest BCUT2D eigenvalue weighted by Crippen LogP contribution is 2.25. The Bertz CT molecular complexity index is 559. The number of rotatable bonds is 4. The third-order valence-corrected chi connectivity index (χ3v) is 3.04. The van der Waals surface area contributed by atoms with Crippen LogP contribution in [0.5, 0.6) is 11.5 Å². The molecule has 0 aliphatic rings. The number of hydrogen-bond acceptors (Lipinski definition) is 3. The summed E-state index contributed by atoms with van der Waals surface area (Å²) in [4.78, 5) is 11.5. The largest absolute Gasteiger partial charge is 0.628 e. The lowest BCUT2D eigenvalue weighted by molar-refractivity contribution is -0.135. The lowest BCUT2D eigenvalue weighted by Crippen LogP contribution is -2.11. The van der Waals surface area contributed by atoms with Crippen LogP contribution in [0.2, 0.25) is 0 Å². The maximum Gasteiger partial charge on any atom is 0.484 e. The molecule has 0 aliphatic heterocycles. The average Bonchev–Trinajstić information content (AvgIpc) is 2.47. The van der Waals surface area contributed by atoms with E-state index in [2.05, 4.69) is 3.79 Å². The van der Waals surface area contributed by atoms with Crippen molar-refractivity contribution < 1.29 is 24.3 Å². The van der Waals surface area contributed by atoms with E-state index in [1.54, 1.807) is 6.92 Å². The molecule has 0 aliphatic carbocycles. The molecule has 0 saturated heterocycles. The first-order chi connectivity index (χ1) is 9.20. The third-order valence-electron chi connectivity index (χ3n) is 2.81. The summed E-state index contributed by atoms with van der Waals surface area (Å²) in [6.07, 6.45) is 0. The number of hydrogen-bond donors (Lipinski definition) is 0. The number of ether oxygens (including phenoxy) is 1. The summed E-state index contributed by atoms with van der Waals surface area (Å²) in [5, 5.41) is 0. The monoisotopic (exact) mass is 304 g/mol. The molecule has 0 bridgehead atoms. The molecule has 6 heteroatoms. The highest BCUT2D eigenvalue weighted by molar-refractivity contribution is 6.06. The van der Waals surface area contributed by atoms with E-state index in [9.17, 15) is 4.79 Å². The zero-order valence-electron chi connectivity index (χ0n) is 11.6. The van der Waals surface area contributed by atoms with Crippen LogP contribution in [0.3, 0.4) is 0 Å². The number of benzene rings is 2. The van der Waals surface area contributed by atoms with Gasteiger partial charge in [-0.25, -0.2) is 0 Å². The zero-order chi connectivity index (χ0) is 13.7. The fraction of sp³-hybridized carbons (Fsp3) is 0.133. The molecular formula is C15H17AlO5. The molecule has 21 heavy (non-hydrogen) atoms. The number of carbonyl (C=O) groups excluding carboxylic acids is 1. The predicted molar refractivity (Wildman–Crippen MR) is 80.4 cm³/mol. The van der Waals surface area contributed by atoms with Crippen LogP contribution < -0.4 is 4.74 Å². The van der Waals surface area contributed by atoms with Crippen LogP contribution >= 0.6 is 0 Å². The summed E-state index contributed by atoms with van der Waals surface area (Å²) in [5.74, 6) is 0.853. The van der Waals surface area contributed by atoms with Crippen molar-refractivity contribution in [1.29, 1.82) is 0 Å². The number of carbonyl (C=O) groups is 1. The molecule has 0 saturated carbocycles. The Morgan fingerprint density at radius 3 is 2.24 bits per heavy atom. The average molecular weight is 304 g/mol. The molecule has 0 fully saturated rings. The first kappa shape index (κ1) is 19.2. The first-order valence-electron chi connectivity index (χ1n) is 5.94. The lowest BCUT2D eigenvalue weighted by atomic mass is 10.0. The van der Waals surface area contributed by atoms with Crippen LogP contribution in [0.15, 0.2) is 54.6 Å². The van der Waals surface area contributed by atoms with Gasteiger partial charge in [0.2, 0.25) is 0 Å². The van der Waals surface area contributed by atoms with Crippen LogP contribution in [-0.2, 0) is 8.58 Å². The second-order valence-corrected chi connectivity index (χ2v) is 4.38. The first-order valence-corrected chi connectivity index (χ1v) is 6.41. The Morgan fingerprint density at radius 1 is 1.00 bits per heavy atom. The smallest absolute Gasteiger partial charge is 0.484 e. The molecule has 0 heterocycles. The van der Waals surface area contributed by atoms with E-state index in [-0.39, 0.29) is 22.8 Å². The minimum atomic E-state index is -0.322. The quantitative estimate of drug-likeness (QED) is 0.801. The van der Waals surface area contributed by atoms with Gasteiger partial charge in [-0.3, -0.25) is 4.79 Å². The molecule has 5 nitrogen and oxygen atoms in total. The van der Waals surface area contributed by atoms with E-state index < -0.39 is 0 Å². The molecule has 2 rings (SSSR count). The fourth-order valence-electron chi connectivity index (χ4n) is 1.71. The van der Waals surface area contributed by atoms with Crippen molar-refractivity contribution in [3.8, 4) is 11.5 Å². The van der Waals surface area contributed by atoms with Crippen LogP contribution in [0.25, 0.3) is 0 Å². The second kappa shape index (κ2) is 9.16. The Kier molecular flexibility index (Phi) is 8.36. The lowest BCUT2D eigenvalue weighted by Gasteiger charge is -2.12. The SMILES string of the molecule is CC(C(=O)[O][Al])c1cccc(Oc2ccccc2)c1.O.O. The standard InChI is InChI=1S/C15H14O3.Al.2H2O/c1-11(15(16)17)12-6-5-9-14(10-12)18-13-7-3-2-4-8-13;;;/h2-11H,1H3,(H,16,17);;2*1H2/q;+1;;/p-1. The summed E-state index contributed by atoms with van der Waals surface area (Å²) < 4.78 is 10.4. The minimum absolute atomic E-state index is 0. The Morgan fingerprint density at radius 2 is 1.62 bits per heavy atom. The molecular weight excluding hydrogens is 287 g/mol. The van der Waals surface area contributed by atoms with Gasteiger partial charge in [-0.15, -0.1) is 0 Å². The van der Waals surface area contributed by atoms with Gasteiger partial charge in [0.15, 0.2) is 0 Å². The van der Waals surface area contributed by atoms with Crippen LogP contribution in [0, 0.1) is 0 Å². The molecule has 4 N–H and O–H groups in total. The van der Waals surface area contributed by atoms with Crippen molar-refractivity contribution in [2.24, 2.45) is 0 Å². The van der Waals surface area contributed by atoms with Crippen molar-refractivity contribution in [2.75, 3.05) is 0 Å². The Hall–Kier alpha value is -1.84. The predicted octanol–water partition coefficient (Wildman–Crippen LogP) is 1.56. The second-order valence-electron chi connectivity index (χ2n) is 4.15. The van der Waals surface area contributed by atoms with Gasteiger partial charge in [-0.05, 0) is 36.8 Å². The van der Waals surface area contributed by atoms with E-state index in [0.29, 0.717) is 5.75 Å². The maximum absolute atomic E-state index is 11.5. The van der Waals surface area contributed by atoms with E-state index in [1.807, 2.05) is 71.2 Å². The highest BCUT2D eigenvalue weighted by atomic mass is 27.1. The van der Waals surface area contributed by atoms with Crippen LogP contribution in [0.4, 0.5) is 0 Å². The van der Waals surface area contributed by atoms with E-state index in [0.717, 1.165) is 11.3 Å². The van der Waals surface area contributed by atoms with Crippen LogP contribution in [0.1, 0.15) is 18.4 Å². The van der Waals surface area contributed by atoms with Gasteiger partial charge in [0.05, 0.1) is 5.92 Å². The third kappa shape index (κ3) is 5.22. The topological polar surface area (TPSA) is 98.5 Å². The van der Waals surface area contributed by atoms with Crippen molar-refractivity contribution in [3.63, 3.8) is 0 Å². The maximum atomic E-state index is 11.5. The van der Waals surface area contributed by atoms with E-state index >= 15 is 0 Å². The Labute approximate surface area is 131 Å². The van der Waals surface area contributed by atoms with Gasteiger partial charge in [-0.2, -0.15) is 0 Å². The fourth-order valence-corrected chi connectivity index (χ4v) is 1.91. The van der Waals surface area contributed by atoms with Crippen molar-refractivity contribution in [1.82, 2.24) is 0 Å². The van der Waals surface area contributed by atoms with Gasteiger partial charge >= 0.3 is 16.6 Å². The van der Waals surface area contributed by atoms with Gasteiger partial charge < -0.3 is 19.5 Å². The molecule has 0 aromatic heterocycles. The number of para-hydroxylation sites is 1. The van der Waals surface area contributed by atoms with E-state index in [4.69, 9.17) is 4.74 Å². The van der Waals surface area contributed by atoms with Crippen molar-refractivity contribution >= 4 is 22.6 Å². The summed E-state index contributed by atoms with van der Waals surface area (Å²) in [6.45, 7) is 1.80. The normalized spacial score (nSPS) is 10.5. The van der Waals surface area contributed by atoms with Gasteiger partial charge in [0.1, 0.15) is 11.5 Å². The Balaban J connectivity index is 0.00000200. The summed E-state index contributed by atoms with van der Waals surface area (Å²) in [7, 11) is 0. The van der Waals surface area contributed by atoms with Crippen LogP contribution in [-0.4, -0.2) is 33.5 Å². The molecule has 110 valence electrons. The van der Waals surface area contributed by atoms with Gasteiger partial charge in [0, 0.05) is 0 Å². The molecule has 2 radical (unpaired) electrons. The highest BCUT2D eigenvalue weighted by Gasteiger charge is 2.14. The minimum Gasteiger partial charge on any atom is -0.628 e. The molecule has 2 aromatic rings. The summed E-state index contributed by atoms with van der Waals surface area (Å²) in [5.41, 5.74) is 0.862. The van der Waals surface area contributed by atoms with Crippen molar-refractivity contribution in [2.45, 2.75) is 12.8 Å². The molecule has 1 atom stereocenters. The van der Waals surface area contributed by atoms with Gasteiger partial charge in [0.25, 0.3) is 5.97 Å².